The SMILES string of the molecule is COc1cc(Cl)ccc1C(O)c1cc(Br)ccc1OC. The third-order valence-corrected chi connectivity index (χ3v) is 3.70. The van der Waals surface area contributed by atoms with Crippen LogP contribution in [0.3, 0.4) is 0 Å². The van der Waals surface area contributed by atoms with Crippen LogP contribution in [-0.4, -0.2) is 19.3 Å². The minimum Gasteiger partial charge on any atom is -0.496 e. The molecule has 0 saturated heterocycles. The molecule has 0 spiro atoms. The first-order chi connectivity index (χ1) is 9.56. The third kappa shape index (κ3) is 3.08. The predicted molar refractivity (Wildman–Crippen MR) is 82.8 cm³/mol. The molecule has 5 heteroatoms. The van der Waals surface area contributed by atoms with Crippen LogP contribution in [0, 0.1) is 0 Å². The molecular weight excluding hydrogens is 344 g/mol. The molecule has 0 radical (unpaired) electrons. The second-order valence-electron chi connectivity index (χ2n) is 4.18. The highest BCUT2D eigenvalue weighted by Gasteiger charge is 2.19. The van der Waals surface area contributed by atoms with Crippen molar-refractivity contribution in [2.75, 3.05) is 14.2 Å². The Bertz CT molecular complexity index is 616. The summed E-state index contributed by atoms with van der Waals surface area (Å²) in [6.07, 6.45) is -0.866. The normalized spacial score (nSPS) is 12.1. The zero-order valence-electron chi connectivity index (χ0n) is 11.1. The molecule has 0 fully saturated rings. The van der Waals surface area contributed by atoms with Gasteiger partial charge in [0.1, 0.15) is 17.6 Å². The fourth-order valence-corrected chi connectivity index (χ4v) is 2.54. The lowest BCUT2D eigenvalue weighted by atomic mass is 10.00. The molecule has 0 amide bonds. The van der Waals surface area contributed by atoms with E-state index >= 15 is 0 Å². The van der Waals surface area contributed by atoms with Gasteiger partial charge in [0.05, 0.1) is 14.2 Å². The maximum Gasteiger partial charge on any atom is 0.126 e. The molecule has 0 aliphatic heterocycles. The molecule has 2 aromatic rings. The molecule has 0 aliphatic rings. The molecule has 3 nitrogen and oxygen atoms in total. The Balaban J connectivity index is 2.51. The van der Waals surface area contributed by atoms with Crippen LogP contribution in [0.25, 0.3) is 0 Å². The van der Waals surface area contributed by atoms with Gasteiger partial charge in [-0.2, -0.15) is 0 Å². The van der Waals surface area contributed by atoms with Gasteiger partial charge >= 0.3 is 0 Å². The van der Waals surface area contributed by atoms with Gasteiger partial charge < -0.3 is 14.6 Å². The lowest BCUT2D eigenvalue weighted by molar-refractivity contribution is 0.209. The van der Waals surface area contributed by atoms with E-state index in [1.165, 1.54) is 0 Å². The van der Waals surface area contributed by atoms with Crippen molar-refractivity contribution in [1.82, 2.24) is 0 Å². The zero-order chi connectivity index (χ0) is 14.7. The van der Waals surface area contributed by atoms with Crippen LogP contribution >= 0.6 is 27.5 Å². The smallest absolute Gasteiger partial charge is 0.126 e. The van der Waals surface area contributed by atoms with E-state index in [4.69, 9.17) is 21.1 Å². The highest BCUT2D eigenvalue weighted by molar-refractivity contribution is 9.10. The molecule has 0 saturated carbocycles. The molecule has 106 valence electrons. The Labute approximate surface area is 131 Å². The molecule has 0 heterocycles. The number of halogens is 2. The summed E-state index contributed by atoms with van der Waals surface area (Å²) in [7, 11) is 3.11. The topological polar surface area (TPSA) is 38.7 Å². The number of hydrogen-bond donors (Lipinski definition) is 1. The molecule has 1 atom stereocenters. The van der Waals surface area contributed by atoms with Gasteiger partial charge in [0, 0.05) is 20.6 Å². The van der Waals surface area contributed by atoms with Crippen molar-refractivity contribution in [3.05, 3.63) is 57.0 Å². The average Bonchev–Trinajstić information content (AvgIpc) is 2.46. The first kappa shape index (κ1) is 15.2. The Hall–Kier alpha value is -1.23. The van der Waals surface area contributed by atoms with Crippen LogP contribution in [-0.2, 0) is 0 Å². The fraction of sp³-hybridized carbons (Fsp3) is 0.200. The maximum absolute atomic E-state index is 10.6. The van der Waals surface area contributed by atoms with E-state index in [9.17, 15) is 5.11 Å². The number of aliphatic hydroxyl groups is 1. The van der Waals surface area contributed by atoms with Gasteiger partial charge in [-0.15, -0.1) is 0 Å². The molecule has 20 heavy (non-hydrogen) atoms. The van der Waals surface area contributed by atoms with E-state index in [1.54, 1.807) is 38.5 Å². The van der Waals surface area contributed by atoms with E-state index in [2.05, 4.69) is 15.9 Å². The number of aliphatic hydroxyl groups excluding tert-OH is 1. The van der Waals surface area contributed by atoms with E-state index in [1.807, 2.05) is 12.1 Å². The summed E-state index contributed by atoms with van der Waals surface area (Å²) in [6, 6.07) is 10.6. The third-order valence-electron chi connectivity index (χ3n) is 2.98. The van der Waals surface area contributed by atoms with Crippen LogP contribution < -0.4 is 9.47 Å². The molecular formula is C15H14BrClO3. The minimum atomic E-state index is -0.866. The number of ether oxygens (including phenoxy) is 2. The first-order valence-corrected chi connectivity index (χ1v) is 7.09. The van der Waals surface area contributed by atoms with Crippen molar-refractivity contribution in [3.8, 4) is 11.5 Å². The lowest BCUT2D eigenvalue weighted by Crippen LogP contribution is -2.04. The molecule has 0 bridgehead atoms. The first-order valence-electron chi connectivity index (χ1n) is 5.91. The Morgan fingerprint density at radius 2 is 1.70 bits per heavy atom. The van der Waals surface area contributed by atoms with Gasteiger partial charge in [0.15, 0.2) is 0 Å². The summed E-state index contributed by atoms with van der Waals surface area (Å²) in [5.41, 5.74) is 1.29. The Morgan fingerprint density at radius 1 is 1.00 bits per heavy atom. The minimum absolute atomic E-state index is 0.534. The number of hydrogen-bond acceptors (Lipinski definition) is 3. The van der Waals surface area contributed by atoms with Crippen LogP contribution in [0.4, 0.5) is 0 Å². The van der Waals surface area contributed by atoms with E-state index in [-0.39, 0.29) is 0 Å². The van der Waals surface area contributed by atoms with Crippen molar-refractivity contribution in [2.45, 2.75) is 6.10 Å². The largest absolute Gasteiger partial charge is 0.496 e. The standard InChI is InChI=1S/C15H14BrClO3/c1-19-13-6-3-9(16)7-12(13)15(18)11-5-4-10(17)8-14(11)20-2/h3-8,15,18H,1-2H3. The second-order valence-corrected chi connectivity index (χ2v) is 5.53. The van der Waals surface area contributed by atoms with Gasteiger partial charge in [-0.3, -0.25) is 0 Å². The number of methoxy groups -OCH3 is 2. The monoisotopic (exact) mass is 356 g/mol. The van der Waals surface area contributed by atoms with Crippen LogP contribution in [0.15, 0.2) is 40.9 Å². The fourth-order valence-electron chi connectivity index (χ4n) is 2.00. The molecule has 2 rings (SSSR count). The van der Waals surface area contributed by atoms with Crippen molar-refractivity contribution in [2.24, 2.45) is 0 Å². The van der Waals surface area contributed by atoms with E-state index in [0.717, 1.165) is 4.47 Å². The lowest BCUT2D eigenvalue weighted by Gasteiger charge is -2.18. The number of benzene rings is 2. The quantitative estimate of drug-likeness (QED) is 0.891. The molecule has 1 N–H and O–H groups in total. The summed E-state index contributed by atoms with van der Waals surface area (Å²) in [5, 5.41) is 11.2. The predicted octanol–water partition coefficient (Wildman–Crippen LogP) is 4.20. The molecule has 1 unspecified atom stereocenters. The van der Waals surface area contributed by atoms with Gasteiger partial charge in [-0.1, -0.05) is 33.6 Å². The van der Waals surface area contributed by atoms with Crippen molar-refractivity contribution < 1.29 is 14.6 Å². The Kier molecular flexibility index (Phi) is 4.91. The van der Waals surface area contributed by atoms with Crippen LogP contribution in [0.1, 0.15) is 17.2 Å². The van der Waals surface area contributed by atoms with Gasteiger partial charge in [-0.25, -0.2) is 0 Å². The highest BCUT2D eigenvalue weighted by Crippen LogP contribution is 2.37. The van der Waals surface area contributed by atoms with Crippen LogP contribution in [0.5, 0.6) is 11.5 Å². The summed E-state index contributed by atoms with van der Waals surface area (Å²) in [6.45, 7) is 0. The van der Waals surface area contributed by atoms with Crippen molar-refractivity contribution >= 4 is 27.5 Å². The maximum atomic E-state index is 10.6. The highest BCUT2D eigenvalue weighted by atomic mass is 79.9. The average molecular weight is 358 g/mol. The number of rotatable bonds is 4. The van der Waals surface area contributed by atoms with Crippen molar-refractivity contribution in [3.63, 3.8) is 0 Å². The zero-order valence-corrected chi connectivity index (χ0v) is 13.4. The molecule has 0 aliphatic carbocycles. The molecule has 2 aromatic carbocycles. The summed E-state index contributed by atoms with van der Waals surface area (Å²) >= 11 is 9.33. The van der Waals surface area contributed by atoms with E-state index < -0.39 is 6.10 Å². The summed E-state index contributed by atoms with van der Waals surface area (Å²) in [5.74, 6) is 1.14. The van der Waals surface area contributed by atoms with Gasteiger partial charge in [0.25, 0.3) is 0 Å². The summed E-state index contributed by atoms with van der Waals surface area (Å²) in [4.78, 5) is 0. The van der Waals surface area contributed by atoms with Gasteiger partial charge in [-0.05, 0) is 30.3 Å². The summed E-state index contributed by atoms with van der Waals surface area (Å²) < 4.78 is 11.4. The van der Waals surface area contributed by atoms with Crippen LogP contribution in [0.2, 0.25) is 5.02 Å². The molecule has 0 aromatic heterocycles. The Morgan fingerprint density at radius 3 is 2.35 bits per heavy atom. The second kappa shape index (κ2) is 6.48. The van der Waals surface area contributed by atoms with E-state index in [0.29, 0.717) is 27.6 Å². The van der Waals surface area contributed by atoms with Gasteiger partial charge in [0.2, 0.25) is 0 Å². The van der Waals surface area contributed by atoms with Crippen molar-refractivity contribution in [1.29, 1.82) is 0 Å².